The summed E-state index contributed by atoms with van der Waals surface area (Å²) in [5, 5.41) is 12.5. The van der Waals surface area contributed by atoms with Crippen molar-refractivity contribution in [2.24, 2.45) is 0 Å². The third kappa shape index (κ3) is 2.59. The zero-order valence-electron chi connectivity index (χ0n) is 8.55. The van der Waals surface area contributed by atoms with E-state index < -0.39 is 10.8 Å². The van der Waals surface area contributed by atoms with Crippen molar-refractivity contribution in [3.63, 3.8) is 0 Å². The fourth-order valence-electron chi connectivity index (χ4n) is 1.60. The second-order valence-electron chi connectivity index (χ2n) is 3.38. The molecule has 1 unspecified atom stereocenters. The molecular weight excluding hydrogens is 246 g/mol. The molecule has 1 fully saturated rings. The van der Waals surface area contributed by atoms with Gasteiger partial charge in [0.25, 0.3) is 0 Å². The van der Waals surface area contributed by atoms with Gasteiger partial charge in [0.15, 0.2) is 0 Å². The molecule has 2 atom stereocenters. The Labute approximate surface area is 103 Å². The number of pyridine rings is 1. The van der Waals surface area contributed by atoms with Gasteiger partial charge in [0.2, 0.25) is 0 Å². The molecule has 0 radical (unpaired) electrons. The number of nitriles is 1. The average Bonchev–Trinajstić information content (AvgIpc) is 2.81. The fraction of sp³-hybridized carbons (Fsp3) is 0.400. The van der Waals surface area contributed by atoms with Gasteiger partial charge in [-0.3, -0.25) is 4.21 Å². The van der Waals surface area contributed by atoms with Crippen molar-refractivity contribution in [2.75, 3.05) is 13.1 Å². The number of rotatable bonds is 2. The summed E-state index contributed by atoms with van der Waals surface area (Å²) in [7, 11) is -1.17. The van der Waals surface area contributed by atoms with Gasteiger partial charge in [-0.15, -0.1) is 12.4 Å². The molecule has 16 heavy (non-hydrogen) atoms. The molecule has 0 saturated carbocycles. The fourth-order valence-corrected chi connectivity index (χ4v) is 3.02. The Morgan fingerprint density at radius 2 is 2.44 bits per heavy atom. The normalized spacial score (nSPS) is 20.8. The van der Waals surface area contributed by atoms with E-state index in [-0.39, 0.29) is 17.7 Å². The van der Waals surface area contributed by atoms with Gasteiger partial charge in [-0.25, -0.2) is 4.98 Å². The van der Waals surface area contributed by atoms with E-state index in [1.807, 2.05) is 6.07 Å². The van der Waals surface area contributed by atoms with Crippen LogP contribution in [-0.4, -0.2) is 27.5 Å². The second kappa shape index (κ2) is 5.94. The first-order valence-electron chi connectivity index (χ1n) is 4.79. The highest BCUT2D eigenvalue weighted by Crippen LogP contribution is 2.16. The Bertz CT molecular complexity index is 426. The van der Waals surface area contributed by atoms with Crippen LogP contribution in [0.2, 0.25) is 0 Å². The molecule has 2 heterocycles. The van der Waals surface area contributed by atoms with E-state index in [0.717, 1.165) is 19.5 Å². The minimum atomic E-state index is -1.17. The number of halogens is 1. The number of nitrogens with one attached hydrogen (secondary N) is 1. The van der Waals surface area contributed by atoms with E-state index in [9.17, 15) is 4.21 Å². The largest absolute Gasteiger partial charge is 0.315 e. The minimum absolute atomic E-state index is 0. The van der Waals surface area contributed by atoms with Crippen LogP contribution < -0.4 is 5.32 Å². The van der Waals surface area contributed by atoms with Crippen LogP contribution in [0.25, 0.3) is 0 Å². The topological polar surface area (TPSA) is 65.8 Å². The third-order valence-corrected chi connectivity index (χ3v) is 4.11. The van der Waals surface area contributed by atoms with Crippen LogP contribution in [0.15, 0.2) is 23.4 Å². The van der Waals surface area contributed by atoms with Crippen molar-refractivity contribution in [3.8, 4) is 6.07 Å². The summed E-state index contributed by atoms with van der Waals surface area (Å²) >= 11 is 0. The molecule has 6 heteroatoms. The van der Waals surface area contributed by atoms with Crippen LogP contribution in [0.5, 0.6) is 0 Å². The zero-order valence-corrected chi connectivity index (χ0v) is 10.2. The molecule has 2 rings (SSSR count). The lowest BCUT2D eigenvalue weighted by Crippen LogP contribution is -2.20. The smallest absolute Gasteiger partial charge is 0.145 e. The van der Waals surface area contributed by atoms with E-state index >= 15 is 0 Å². The summed E-state index contributed by atoms with van der Waals surface area (Å²) in [6.45, 7) is 1.64. The first-order chi connectivity index (χ1) is 7.33. The van der Waals surface area contributed by atoms with E-state index in [1.54, 1.807) is 18.3 Å². The zero-order chi connectivity index (χ0) is 10.7. The van der Waals surface area contributed by atoms with Gasteiger partial charge >= 0.3 is 0 Å². The number of aromatic nitrogens is 1. The van der Waals surface area contributed by atoms with Crippen molar-refractivity contribution in [3.05, 3.63) is 23.9 Å². The molecule has 1 aromatic rings. The Balaban J connectivity index is 0.00000128. The molecular formula is C10H12ClN3OS. The Kier molecular flexibility index (Phi) is 4.87. The van der Waals surface area contributed by atoms with Gasteiger partial charge in [-0.05, 0) is 25.1 Å². The molecule has 1 N–H and O–H groups in total. The first-order valence-corrected chi connectivity index (χ1v) is 6.00. The van der Waals surface area contributed by atoms with Crippen molar-refractivity contribution in [2.45, 2.75) is 16.7 Å². The minimum Gasteiger partial charge on any atom is -0.315 e. The molecule has 86 valence electrons. The lowest BCUT2D eigenvalue weighted by molar-refractivity contribution is 0.669. The molecule has 1 aromatic heterocycles. The summed E-state index contributed by atoms with van der Waals surface area (Å²) in [6, 6.07) is 5.37. The van der Waals surface area contributed by atoms with Crippen molar-refractivity contribution in [1.82, 2.24) is 10.3 Å². The summed E-state index contributed by atoms with van der Waals surface area (Å²) in [6.07, 6.45) is 2.46. The standard InChI is InChI=1S/C10H11N3OS.ClH/c11-6-8-2-1-4-13-10(8)15(14)9-3-5-12-7-9;/h1-2,4,9,12H,3,5,7H2;1H/t9-,15?;/m0./s1. The predicted molar refractivity (Wildman–Crippen MR) is 63.9 cm³/mol. The molecule has 1 aliphatic heterocycles. The average molecular weight is 258 g/mol. The molecule has 4 nitrogen and oxygen atoms in total. The number of hydrogen-bond donors (Lipinski definition) is 1. The summed E-state index contributed by atoms with van der Waals surface area (Å²) in [5.41, 5.74) is 0.419. The van der Waals surface area contributed by atoms with Crippen molar-refractivity contribution >= 4 is 23.2 Å². The maximum Gasteiger partial charge on any atom is 0.145 e. The highest BCUT2D eigenvalue weighted by atomic mass is 35.5. The van der Waals surface area contributed by atoms with E-state index in [1.165, 1.54) is 0 Å². The second-order valence-corrected chi connectivity index (χ2v) is 5.03. The summed E-state index contributed by atoms with van der Waals surface area (Å²) < 4.78 is 12.1. The molecule has 0 spiro atoms. The molecule has 0 aliphatic carbocycles. The molecule has 0 amide bonds. The molecule has 0 aromatic carbocycles. The number of nitrogens with zero attached hydrogens (tertiary/aromatic N) is 2. The van der Waals surface area contributed by atoms with E-state index in [4.69, 9.17) is 5.26 Å². The van der Waals surface area contributed by atoms with Crippen LogP contribution >= 0.6 is 12.4 Å². The lowest BCUT2D eigenvalue weighted by Gasteiger charge is -2.08. The van der Waals surface area contributed by atoms with Crippen molar-refractivity contribution < 1.29 is 4.21 Å². The monoisotopic (exact) mass is 257 g/mol. The summed E-state index contributed by atoms with van der Waals surface area (Å²) in [4.78, 5) is 4.04. The van der Waals surface area contributed by atoms with Gasteiger partial charge in [0.1, 0.15) is 11.1 Å². The van der Waals surface area contributed by atoms with Crippen LogP contribution in [0.1, 0.15) is 12.0 Å². The quantitative estimate of drug-likeness (QED) is 0.853. The van der Waals surface area contributed by atoms with Crippen LogP contribution in [0.3, 0.4) is 0 Å². The maximum atomic E-state index is 12.1. The van der Waals surface area contributed by atoms with Crippen LogP contribution in [0, 0.1) is 11.3 Å². The van der Waals surface area contributed by atoms with Gasteiger partial charge in [-0.1, -0.05) is 0 Å². The highest BCUT2D eigenvalue weighted by Gasteiger charge is 2.24. The summed E-state index contributed by atoms with van der Waals surface area (Å²) in [5.74, 6) is 0. The predicted octanol–water partition coefficient (Wildman–Crippen LogP) is 0.845. The molecule has 1 aliphatic rings. The lowest BCUT2D eigenvalue weighted by atomic mass is 10.3. The third-order valence-electron chi connectivity index (χ3n) is 2.40. The Morgan fingerprint density at radius 1 is 1.62 bits per heavy atom. The SMILES string of the molecule is Cl.N#Cc1cccnc1S(=O)[C@H]1CCNC1. The van der Waals surface area contributed by atoms with Gasteiger partial charge in [-0.2, -0.15) is 5.26 Å². The van der Waals surface area contributed by atoms with E-state index in [0.29, 0.717) is 10.6 Å². The Morgan fingerprint density at radius 3 is 3.06 bits per heavy atom. The van der Waals surface area contributed by atoms with Gasteiger partial charge < -0.3 is 5.32 Å². The highest BCUT2D eigenvalue weighted by molar-refractivity contribution is 7.85. The van der Waals surface area contributed by atoms with Gasteiger partial charge in [0, 0.05) is 12.7 Å². The van der Waals surface area contributed by atoms with Crippen LogP contribution in [0.4, 0.5) is 0 Å². The first kappa shape index (κ1) is 13.1. The van der Waals surface area contributed by atoms with Crippen LogP contribution in [-0.2, 0) is 10.8 Å². The number of hydrogen-bond acceptors (Lipinski definition) is 4. The Hall–Kier alpha value is -0.960. The van der Waals surface area contributed by atoms with Crippen molar-refractivity contribution in [1.29, 1.82) is 5.26 Å². The van der Waals surface area contributed by atoms with Gasteiger partial charge in [0.05, 0.1) is 21.6 Å². The molecule has 0 bridgehead atoms. The van der Waals surface area contributed by atoms with E-state index in [2.05, 4.69) is 10.3 Å². The molecule has 1 saturated heterocycles. The maximum absolute atomic E-state index is 12.1.